The maximum Gasteiger partial charge on any atom is 0.340 e. The predicted octanol–water partition coefficient (Wildman–Crippen LogP) is 3.32. The van der Waals surface area contributed by atoms with Crippen LogP contribution in [-0.4, -0.2) is 36.8 Å². The molecule has 29 heavy (non-hydrogen) atoms. The third-order valence-electron chi connectivity index (χ3n) is 3.99. The Balaban J connectivity index is 1.80. The first-order valence-electron chi connectivity index (χ1n) is 9.22. The van der Waals surface area contributed by atoms with Gasteiger partial charge in [-0.25, -0.2) is 4.79 Å². The Morgan fingerprint density at radius 2 is 1.59 bits per heavy atom. The van der Waals surface area contributed by atoms with Gasteiger partial charge in [0.1, 0.15) is 0 Å². The monoisotopic (exact) mass is 397 g/mol. The van der Waals surface area contributed by atoms with E-state index >= 15 is 0 Å². The van der Waals surface area contributed by atoms with Crippen LogP contribution in [0.4, 0.5) is 5.69 Å². The topological polar surface area (TPSA) is 98.8 Å². The largest absolute Gasteiger partial charge is 0.462 e. The van der Waals surface area contributed by atoms with Crippen molar-refractivity contribution in [2.75, 3.05) is 18.5 Å². The molecule has 0 saturated heterocycles. The number of para-hydroxylation sites is 1. The van der Waals surface area contributed by atoms with E-state index in [1.807, 2.05) is 19.1 Å². The van der Waals surface area contributed by atoms with Crippen molar-refractivity contribution in [1.29, 1.82) is 0 Å². The van der Waals surface area contributed by atoms with Crippen molar-refractivity contribution < 1.29 is 28.7 Å². The number of amides is 1. The lowest BCUT2D eigenvalue weighted by atomic mass is 10.1. The molecular weight excluding hydrogens is 374 g/mol. The first-order chi connectivity index (χ1) is 13.9. The van der Waals surface area contributed by atoms with E-state index in [1.165, 1.54) is 6.07 Å². The molecule has 0 heterocycles. The fourth-order valence-corrected chi connectivity index (χ4v) is 2.48. The van der Waals surface area contributed by atoms with E-state index in [1.54, 1.807) is 37.3 Å². The van der Waals surface area contributed by atoms with Gasteiger partial charge in [-0.3, -0.25) is 14.4 Å². The average molecular weight is 397 g/mol. The van der Waals surface area contributed by atoms with Gasteiger partial charge in [0.15, 0.2) is 12.4 Å². The first kappa shape index (κ1) is 21.8. The number of esters is 2. The molecule has 1 amide bonds. The van der Waals surface area contributed by atoms with Gasteiger partial charge in [0, 0.05) is 12.0 Å². The number of carbonyl (C=O) groups excluding carboxylic acids is 4. The molecule has 2 aromatic carbocycles. The molecule has 0 aliphatic carbocycles. The summed E-state index contributed by atoms with van der Waals surface area (Å²) in [6.45, 7) is 3.29. The Kier molecular flexibility index (Phi) is 8.09. The van der Waals surface area contributed by atoms with Crippen LogP contribution in [-0.2, 0) is 19.1 Å². The van der Waals surface area contributed by atoms with E-state index in [0.29, 0.717) is 5.56 Å². The molecule has 0 aliphatic rings. The van der Waals surface area contributed by atoms with Crippen molar-refractivity contribution in [2.24, 2.45) is 0 Å². The third kappa shape index (κ3) is 6.88. The number of benzene rings is 2. The van der Waals surface area contributed by atoms with Crippen LogP contribution in [0.3, 0.4) is 0 Å². The Labute approximate surface area is 169 Å². The highest BCUT2D eigenvalue weighted by molar-refractivity contribution is 6.02. The summed E-state index contributed by atoms with van der Waals surface area (Å²) in [5, 5.41) is 2.52. The van der Waals surface area contributed by atoms with E-state index in [-0.39, 0.29) is 36.5 Å². The maximum atomic E-state index is 12.1. The van der Waals surface area contributed by atoms with Crippen LogP contribution in [0.15, 0.2) is 48.5 Å². The summed E-state index contributed by atoms with van der Waals surface area (Å²) in [4.78, 5) is 47.8. The number of carbonyl (C=O) groups is 4. The van der Waals surface area contributed by atoms with Gasteiger partial charge in [0.2, 0.25) is 0 Å². The molecule has 2 rings (SSSR count). The molecule has 152 valence electrons. The highest BCUT2D eigenvalue weighted by Crippen LogP contribution is 2.16. The van der Waals surface area contributed by atoms with E-state index in [2.05, 4.69) is 5.32 Å². The lowest BCUT2D eigenvalue weighted by Gasteiger charge is -2.10. The van der Waals surface area contributed by atoms with Crippen molar-refractivity contribution in [1.82, 2.24) is 0 Å². The standard InChI is InChI=1S/C22H23NO6/c1-3-28-22(27)17-6-4-5-7-18(17)23-20(25)14-29-21(26)13-12-19(24)16-10-8-15(2)9-11-16/h4-11H,3,12-14H2,1-2H3,(H,23,25). The zero-order valence-electron chi connectivity index (χ0n) is 16.4. The van der Waals surface area contributed by atoms with Crippen LogP contribution < -0.4 is 5.32 Å². The van der Waals surface area contributed by atoms with Crippen molar-refractivity contribution in [3.8, 4) is 0 Å². The number of nitrogens with one attached hydrogen (secondary N) is 1. The summed E-state index contributed by atoms with van der Waals surface area (Å²) in [5.41, 5.74) is 2.03. The third-order valence-corrected chi connectivity index (χ3v) is 3.99. The Morgan fingerprint density at radius 1 is 0.897 bits per heavy atom. The van der Waals surface area contributed by atoms with Crippen LogP contribution in [0.1, 0.15) is 46.0 Å². The van der Waals surface area contributed by atoms with E-state index in [0.717, 1.165) is 5.56 Å². The molecule has 0 aromatic heterocycles. The minimum Gasteiger partial charge on any atom is -0.462 e. The van der Waals surface area contributed by atoms with Crippen LogP contribution in [0.5, 0.6) is 0 Å². The van der Waals surface area contributed by atoms with Crippen molar-refractivity contribution in [3.63, 3.8) is 0 Å². The summed E-state index contributed by atoms with van der Waals surface area (Å²) in [6, 6.07) is 13.4. The predicted molar refractivity (Wildman–Crippen MR) is 107 cm³/mol. The van der Waals surface area contributed by atoms with Gasteiger partial charge in [-0.1, -0.05) is 42.0 Å². The lowest BCUT2D eigenvalue weighted by Crippen LogP contribution is -2.22. The molecule has 0 aliphatic heterocycles. The van der Waals surface area contributed by atoms with Crippen molar-refractivity contribution in [3.05, 3.63) is 65.2 Å². The Hall–Kier alpha value is -3.48. The highest BCUT2D eigenvalue weighted by atomic mass is 16.5. The van der Waals surface area contributed by atoms with Crippen molar-refractivity contribution in [2.45, 2.75) is 26.7 Å². The summed E-state index contributed by atoms with van der Waals surface area (Å²) in [7, 11) is 0. The molecule has 0 unspecified atom stereocenters. The molecular formula is C22H23NO6. The maximum absolute atomic E-state index is 12.1. The summed E-state index contributed by atoms with van der Waals surface area (Å²) in [6.07, 6.45) is -0.130. The van der Waals surface area contributed by atoms with Crippen LogP contribution in [0.2, 0.25) is 0 Å². The van der Waals surface area contributed by atoms with E-state index in [4.69, 9.17) is 9.47 Å². The number of Topliss-reactive ketones (excluding diaryl/α,β-unsaturated/α-hetero) is 1. The fourth-order valence-electron chi connectivity index (χ4n) is 2.48. The van der Waals surface area contributed by atoms with E-state index < -0.39 is 24.5 Å². The molecule has 2 aromatic rings. The Bertz CT molecular complexity index is 888. The number of ether oxygens (including phenoxy) is 2. The zero-order valence-corrected chi connectivity index (χ0v) is 16.4. The number of hydrogen-bond acceptors (Lipinski definition) is 6. The molecule has 0 fully saturated rings. The SMILES string of the molecule is CCOC(=O)c1ccccc1NC(=O)COC(=O)CCC(=O)c1ccc(C)cc1. The molecule has 0 radical (unpaired) electrons. The number of aryl methyl sites for hydroxylation is 1. The molecule has 7 nitrogen and oxygen atoms in total. The number of hydrogen-bond donors (Lipinski definition) is 1. The lowest BCUT2D eigenvalue weighted by molar-refractivity contribution is -0.147. The van der Waals surface area contributed by atoms with Gasteiger partial charge >= 0.3 is 11.9 Å². The highest BCUT2D eigenvalue weighted by Gasteiger charge is 2.15. The second-order valence-electron chi connectivity index (χ2n) is 6.26. The van der Waals surface area contributed by atoms with Gasteiger partial charge in [-0.2, -0.15) is 0 Å². The van der Waals surface area contributed by atoms with Crippen LogP contribution in [0.25, 0.3) is 0 Å². The summed E-state index contributed by atoms with van der Waals surface area (Å²) >= 11 is 0. The van der Waals surface area contributed by atoms with Gasteiger partial charge in [0.25, 0.3) is 5.91 Å². The molecule has 1 N–H and O–H groups in total. The molecule has 0 saturated carbocycles. The zero-order chi connectivity index (χ0) is 21.2. The van der Waals surface area contributed by atoms with Crippen LogP contribution >= 0.6 is 0 Å². The molecule has 0 spiro atoms. The second kappa shape index (κ2) is 10.8. The normalized spacial score (nSPS) is 10.1. The van der Waals surface area contributed by atoms with Gasteiger partial charge in [-0.15, -0.1) is 0 Å². The average Bonchev–Trinajstić information content (AvgIpc) is 2.71. The second-order valence-corrected chi connectivity index (χ2v) is 6.26. The molecule has 0 atom stereocenters. The van der Waals surface area contributed by atoms with Crippen LogP contribution in [0, 0.1) is 6.92 Å². The number of ketones is 1. The smallest absolute Gasteiger partial charge is 0.340 e. The van der Waals surface area contributed by atoms with Gasteiger partial charge in [-0.05, 0) is 26.0 Å². The van der Waals surface area contributed by atoms with Gasteiger partial charge < -0.3 is 14.8 Å². The Morgan fingerprint density at radius 3 is 2.28 bits per heavy atom. The molecule has 0 bridgehead atoms. The summed E-state index contributed by atoms with van der Waals surface area (Å²) < 4.78 is 9.85. The van der Waals surface area contributed by atoms with Crippen molar-refractivity contribution >= 4 is 29.3 Å². The van der Waals surface area contributed by atoms with Gasteiger partial charge in [0.05, 0.1) is 24.3 Å². The quantitative estimate of drug-likeness (QED) is 0.515. The summed E-state index contributed by atoms with van der Waals surface area (Å²) in [5.74, 6) is -1.98. The first-order valence-corrected chi connectivity index (χ1v) is 9.22. The number of anilines is 1. The minimum atomic E-state index is -0.653. The minimum absolute atomic E-state index is 0.00476. The molecule has 7 heteroatoms. The number of rotatable bonds is 9. The fraction of sp³-hybridized carbons (Fsp3) is 0.273. The van der Waals surface area contributed by atoms with E-state index in [9.17, 15) is 19.2 Å².